The summed E-state index contributed by atoms with van der Waals surface area (Å²) in [5.41, 5.74) is 2.72. The molecular formula is C14H17Cl2NO2. The quantitative estimate of drug-likeness (QED) is 0.674. The van der Waals surface area contributed by atoms with Crippen molar-refractivity contribution >= 4 is 35.6 Å². The van der Waals surface area contributed by atoms with Crippen molar-refractivity contribution in [2.45, 2.75) is 12.8 Å². The van der Waals surface area contributed by atoms with Crippen molar-refractivity contribution in [1.82, 2.24) is 5.32 Å². The smallest absolute Gasteiger partial charge is 0.338 e. The van der Waals surface area contributed by atoms with E-state index in [0.717, 1.165) is 37.1 Å². The fourth-order valence-corrected chi connectivity index (χ4v) is 2.29. The van der Waals surface area contributed by atoms with Gasteiger partial charge in [0.25, 0.3) is 0 Å². The number of piperidine rings is 1. The van der Waals surface area contributed by atoms with Gasteiger partial charge in [0, 0.05) is 5.02 Å². The second-order valence-electron chi connectivity index (χ2n) is 4.23. The predicted octanol–water partition coefficient (Wildman–Crippen LogP) is 3.07. The van der Waals surface area contributed by atoms with Gasteiger partial charge in [-0.05, 0) is 43.6 Å². The maximum atomic E-state index is 12.0. The molecule has 5 heteroatoms. The highest BCUT2D eigenvalue weighted by Crippen LogP contribution is 2.26. The van der Waals surface area contributed by atoms with Crippen LogP contribution in [0.4, 0.5) is 0 Å². The first kappa shape index (κ1) is 16.0. The average Bonchev–Trinajstić information content (AvgIpc) is 2.42. The van der Waals surface area contributed by atoms with Crippen LogP contribution >= 0.6 is 24.0 Å². The molecule has 1 aliphatic rings. The molecule has 3 nitrogen and oxygen atoms in total. The summed E-state index contributed by atoms with van der Waals surface area (Å²) < 4.78 is 4.90. The van der Waals surface area contributed by atoms with Gasteiger partial charge in [-0.2, -0.15) is 0 Å². The molecule has 1 aliphatic heterocycles. The first-order valence-electron chi connectivity index (χ1n) is 5.99. The molecule has 2 rings (SSSR count). The first-order chi connectivity index (χ1) is 8.72. The Morgan fingerprint density at radius 1 is 1.21 bits per heavy atom. The van der Waals surface area contributed by atoms with E-state index in [0.29, 0.717) is 10.6 Å². The molecular weight excluding hydrogens is 285 g/mol. The number of ether oxygens (including phenoxy) is 1. The number of benzene rings is 1. The minimum atomic E-state index is -0.269. The topological polar surface area (TPSA) is 38.3 Å². The molecule has 0 amide bonds. The van der Waals surface area contributed by atoms with Crippen LogP contribution in [0.5, 0.6) is 0 Å². The second-order valence-corrected chi connectivity index (χ2v) is 4.66. The van der Waals surface area contributed by atoms with Gasteiger partial charge in [-0.25, -0.2) is 4.79 Å². The van der Waals surface area contributed by atoms with Gasteiger partial charge in [-0.3, -0.25) is 0 Å². The van der Waals surface area contributed by atoms with E-state index in [4.69, 9.17) is 16.3 Å². The van der Waals surface area contributed by atoms with Crippen LogP contribution in [0.15, 0.2) is 29.8 Å². The zero-order valence-electron chi connectivity index (χ0n) is 10.7. The minimum absolute atomic E-state index is 0. The van der Waals surface area contributed by atoms with Crippen LogP contribution in [0.25, 0.3) is 5.57 Å². The summed E-state index contributed by atoms with van der Waals surface area (Å²) in [5, 5.41) is 3.94. The Morgan fingerprint density at radius 3 is 2.32 bits per heavy atom. The lowest BCUT2D eigenvalue weighted by Crippen LogP contribution is -2.24. The van der Waals surface area contributed by atoms with Crippen LogP contribution in [0.3, 0.4) is 0 Å². The third-order valence-corrected chi connectivity index (χ3v) is 3.34. The Labute approximate surface area is 124 Å². The van der Waals surface area contributed by atoms with Crippen LogP contribution < -0.4 is 5.32 Å². The summed E-state index contributed by atoms with van der Waals surface area (Å²) in [4.78, 5) is 12.0. The van der Waals surface area contributed by atoms with Gasteiger partial charge in [0.2, 0.25) is 0 Å². The van der Waals surface area contributed by atoms with Gasteiger partial charge in [0.15, 0.2) is 0 Å². The number of hydrogen-bond donors (Lipinski definition) is 1. The summed E-state index contributed by atoms with van der Waals surface area (Å²) in [6.45, 7) is 1.81. The number of carbonyl (C=O) groups excluding carboxylic acids is 1. The molecule has 0 unspecified atom stereocenters. The number of rotatable bonds is 2. The Kier molecular flexibility index (Phi) is 6.35. The zero-order valence-corrected chi connectivity index (χ0v) is 12.3. The number of nitrogens with one attached hydrogen (secondary N) is 1. The monoisotopic (exact) mass is 301 g/mol. The molecule has 0 aliphatic carbocycles. The molecule has 1 fully saturated rings. The fourth-order valence-electron chi connectivity index (χ4n) is 2.16. The highest BCUT2D eigenvalue weighted by molar-refractivity contribution is 6.30. The first-order valence-corrected chi connectivity index (χ1v) is 6.37. The van der Waals surface area contributed by atoms with Crippen molar-refractivity contribution in [2.75, 3.05) is 20.2 Å². The van der Waals surface area contributed by atoms with E-state index >= 15 is 0 Å². The van der Waals surface area contributed by atoms with E-state index in [1.165, 1.54) is 7.11 Å². The summed E-state index contributed by atoms with van der Waals surface area (Å²) in [7, 11) is 1.42. The number of esters is 1. The third-order valence-electron chi connectivity index (χ3n) is 3.08. The molecule has 1 aromatic carbocycles. The largest absolute Gasteiger partial charge is 0.465 e. The molecule has 0 bridgehead atoms. The number of halogens is 2. The van der Waals surface area contributed by atoms with Crippen LogP contribution in [0.2, 0.25) is 5.02 Å². The molecule has 1 N–H and O–H groups in total. The Balaban J connectivity index is 0.00000180. The van der Waals surface area contributed by atoms with Gasteiger partial charge in [-0.1, -0.05) is 29.3 Å². The molecule has 0 aromatic heterocycles. The summed E-state index contributed by atoms with van der Waals surface area (Å²) in [6.07, 6.45) is 1.76. The van der Waals surface area contributed by atoms with Gasteiger partial charge >= 0.3 is 5.97 Å². The van der Waals surface area contributed by atoms with E-state index in [2.05, 4.69) is 5.32 Å². The number of methoxy groups -OCH3 is 1. The number of carbonyl (C=O) groups is 1. The van der Waals surface area contributed by atoms with Gasteiger partial charge in [-0.15, -0.1) is 12.4 Å². The maximum absolute atomic E-state index is 12.0. The lowest BCUT2D eigenvalue weighted by molar-refractivity contribution is -0.133. The Hall–Kier alpha value is -1.03. The molecule has 0 saturated carbocycles. The summed E-state index contributed by atoms with van der Waals surface area (Å²) in [5.74, 6) is -0.269. The van der Waals surface area contributed by atoms with Crippen LogP contribution in [-0.2, 0) is 9.53 Å². The molecule has 104 valence electrons. The summed E-state index contributed by atoms with van der Waals surface area (Å²) >= 11 is 5.87. The molecule has 0 atom stereocenters. The van der Waals surface area contributed by atoms with Crippen molar-refractivity contribution in [2.24, 2.45) is 0 Å². The van der Waals surface area contributed by atoms with Crippen molar-refractivity contribution in [3.63, 3.8) is 0 Å². The highest BCUT2D eigenvalue weighted by atomic mass is 35.5. The molecule has 19 heavy (non-hydrogen) atoms. The van der Waals surface area contributed by atoms with Gasteiger partial charge in [0.1, 0.15) is 0 Å². The molecule has 1 aromatic rings. The van der Waals surface area contributed by atoms with Crippen molar-refractivity contribution in [1.29, 1.82) is 0 Å². The third kappa shape index (κ3) is 3.96. The second kappa shape index (κ2) is 7.53. The molecule has 0 spiro atoms. The zero-order chi connectivity index (χ0) is 13.0. The maximum Gasteiger partial charge on any atom is 0.338 e. The normalized spacial score (nSPS) is 14.5. The molecule has 0 radical (unpaired) electrons. The van der Waals surface area contributed by atoms with Crippen molar-refractivity contribution < 1.29 is 9.53 Å². The SMILES string of the molecule is COC(=O)C(=C1CCNCC1)c1ccc(Cl)cc1.Cl. The number of hydrogen-bond acceptors (Lipinski definition) is 3. The van der Waals surface area contributed by atoms with E-state index in [-0.39, 0.29) is 18.4 Å². The van der Waals surface area contributed by atoms with Crippen molar-refractivity contribution in [3.05, 3.63) is 40.4 Å². The summed E-state index contributed by atoms with van der Waals surface area (Å²) in [6, 6.07) is 7.32. The van der Waals surface area contributed by atoms with E-state index < -0.39 is 0 Å². The molecule has 1 saturated heterocycles. The van der Waals surface area contributed by atoms with E-state index in [1.807, 2.05) is 12.1 Å². The van der Waals surface area contributed by atoms with E-state index in [9.17, 15) is 4.79 Å². The predicted molar refractivity (Wildman–Crippen MR) is 79.7 cm³/mol. The highest BCUT2D eigenvalue weighted by Gasteiger charge is 2.19. The fraction of sp³-hybridized carbons (Fsp3) is 0.357. The molecule has 1 heterocycles. The lowest BCUT2D eigenvalue weighted by atomic mass is 9.94. The standard InChI is InChI=1S/C14H16ClNO2.ClH/c1-18-14(17)13(11-6-8-16-9-7-11)10-2-4-12(15)5-3-10;/h2-5,16H,6-9H2,1H3;1H. The van der Waals surface area contributed by atoms with Crippen LogP contribution in [0.1, 0.15) is 18.4 Å². The van der Waals surface area contributed by atoms with Gasteiger partial charge < -0.3 is 10.1 Å². The van der Waals surface area contributed by atoms with Crippen LogP contribution in [0, 0.1) is 0 Å². The van der Waals surface area contributed by atoms with Crippen LogP contribution in [-0.4, -0.2) is 26.2 Å². The van der Waals surface area contributed by atoms with Gasteiger partial charge in [0.05, 0.1) is 12.7 Å². The van der Waals surface area contributed by atoms with Crippen molar-refractivity contribution in [3.8, 4) is 0 Å². The minimum Gasteiger partial charge on any atom is -0.465 e. The van der Waals surface area contributed by atoms with E-state index in [1.54, 1.807) is 12.1 Å². The Bertz CT molecular complexity index is 461. The lowest BCUT2D eigenvalue weighted by Gasteiger charge is -2.19. The average molecular weight is 302 g/mol. The Morgan fingerprint density at radius 2 is 1.79 bits per heavy atom.